The van der Waals surface area contributed by atoms with Crippen molar-refractivity contribution in [1.29, 1.82) is 0 Å². The van der Waals surface area contributed by atoms with E-state index in [1.165, 1.54) is 0 Å². The van der Waals surface area contributed by atoms with Crippen LogP contribution in [0.5, 0.6) is 0 Å². The van der Waals surface area contributed by atoms with E-state index in [0.29, 0.717) is 6.10 Å². The predicted molar refractivity (Wildman–Crippen MR) is 57.5 cm³/mol. The summed E-state index contributed by atoms with van der Waals surface area (Å²) in [5, 5.41) is 3.32. The van der Waals surface area contributed by atoms with Gasteiger partial charge in [0.2, 0.25) is 0 Å². The Morgan fingerprint density at radius 3 is 3.29 bits per heavy atom. The third-order valence-electron chi connectivity index (χ3n) is 2.13. The zero-order chi connectivity index (χ0) is 9.64. The molecule has 1 atom stereocenters. The Balaban J connectivity index is 1.62. The van der Waals surface area contributed by atoms with E-state index in [9.17, 15) is 0 Å². The van der Waals surface area contributed by atoms with Crippen molar-refractivity contribution in [3.05, 3.63) is 24.2 Å². The van der Waals surface area contributed by atoms with Gasteiger partial charge in [-0.3, -0.25) is 0 Å². The summed E-state index contributed by atoms with van der Waals surface area (Å²) >= 11 is 1.86. The van der Waals surface area contributed by atoms with Crippen LogP contribution in [0, 0.1) is 0 Å². The number of ether oxygens (including phenoxy) is 1. The molecule has 1 fully saturated rings. The van der Waals surface area contributed by atoms with E-state index in [0.717, 1.165) is 37.0 Å². The highest BCUT2D eigenvalue weighted by Crippen LogP contribution is 2.14. The summed E-state index contributed by atoms with van der Waals surface area (Å²) in [5.41, 5.74) is 0. The molecule has 2 heterocycles. The summed E-state index contributed by atoms with van der Waals surface area (Å²) < 4.78 is 10.8. The predicted octanol–water partition coefficient (Wildman–Crippen LogP) is 1.50. The SMILES string of the molecule is c1coc(CSCC2CNCCO2)c1. The molecule has 2 rings (SSSR count). The summed E-state index contributed by atoms with van der Waals surface area (Å²) in [4.78, 5) is 0. The molecule has 1 N–H and O–H groups in total. The van der Waals surface area contributed by atoms with Gasteiger partial charge < -0.3 is 14.5 Å². The van der Waals surface area contributed by atoms with Gasteiger partial charge >= 0.3 is 0 Å². The van der Waals surface area contributed by atoms with Gasteiger partial charge in [0.15, 0.2) is 0 Å². The molecular weight excluding hydrogens is 198 g/mol. The lowest BCUT2D eigenvalue weighted by Crippen LogP contribution is -2.39. The molecule has 0 spiro atoms. The number of hydrogen-bond acceptors (Lipinski definition) is 4. The Morgan fingerprint density at radius 2 is 2.57 bits per heavy atom. The van der Waals surface area contributed by atoms with Gasteiger partial charge in [0, 0.05) is 18.8 Å². The van der Waals surface area contributed by atoms with Crippen LogP contribution in [-0.4, -0.2) is 31.6 Å². The zero-order valence-corrected chi connectivity index (χ0v) is 8.89. The van der Waals surface area contributed by atoms with Gasteiger partial charge in [0.05, 0.1) is 24.7 Å². The molecule has 14 heavy (non-hydrogen) atoms. The number of furan rings is 1. The van der Waals surface area contributed by atoms with Crippen LogP contribution >= 0.6 is 11.8 Å². The first-order valence-electron chi connectivity index (χ1n) is 4.87. The Labute approximate surface area is 88.2 Å². The van der Waals surface area contributed by atoms with Crippen LogP contribution in [-0.2, 0) is 10.5 Å². The lowest BCUT2D eigenvalue weighted by atomic mass is 10.3. The van der Waals surface area contributed by atoms with Crippen molar-refractivity contribution in [1.82, 2.24) is 5.32 Å². The molecule has 1 aliphatic rings. The third kappa shape index (κ3) is 3.04. The average molecular weight is 213 g/mol. The summed E-state index contributed by atoms with van der Waals surface area (Å²) in [6.45, 7) is 2.80. The summed E-state index contributed by atoms with van der Waals surface area (Å²) in [6, 6.07) is 3.93. The molecule has 0 aromatic carbocycles. The monoisotopic (exact) mass is 213 g/mol. The molecule has 0 saturated carbocycles. The van der Waals surface area contributed by atoms with Gasteiger partial charge in [-0.1, -0.05) is 0 Å². The van der Waals surface area contributed by atoms with Gasteiger partial charge in [-0.05, 0) is 12.1 Å². The molecule has 4 heteroatoms. The highest BCUT2D eigenvalue weighted by molar-refractivity contribution is 7.98. The molecule has 1 aliphatic heterocycles. The first-order chi connectivity index (χ1) is 6.95. The number of rotatable bonds is 4. The number of nitrogens with one attached hydrogen (secondary N) is 1. The van der Waals surface area contributed by atoms with Crippen molar-refractivity contribution in [2.24, 2.45) is 0 Å². The number of hydrogen-bond donors (Lipinski definition) is 1. The number of morpholine rings is 1. The van der Waals surface area contributed by atoms with Gasteiger partial charge in [-0.25, -0.2) is 0 Å². The maximum absolute atomic E-state index is 5.58. The Hall–Kier alpha value is -0.450. The van der Waals surface area contributed by atoms with E-state index in [1.54, 1.807) is 6.26 Å². The van der Waals surface area contributed by atoms with E-state index < -0.39 is 0 Å². The van der Waals surface area contributed by atoms with Crippen molar-refractivity contribution in [3.63, 3.8) is 0 Å². The Kier molecular flexibility index (Phi) is 3.91. The van der Waals surface area contributed by atoms with Crippen LogP contribution in [0.1, 0.15) is 5.76 Å². The second-order valence-corrected chi connectivity index (χ2v) is 4.32. The molecule has 3 nitrogen and oxygen atoms in total. The highest BCUT2D eigenvalue weighted by Gasteiger charge is 2.12. The third-order valence-corrected chi connectivity index (χ3v) is 3.23. The van der Waals surface area contributed by atoms with Crippen molar-refractivity contribution < 1.29 is 9.15 Å². The summed E-state index contributed by atoms with van der Waals surface area (Å²) in [7, 11) is 0. The highest BCUT2D eigenvalue weighted by atomic mass is 32.2. The topological polar surface area (TPSA) is 34.4 Å². The van der Waals surface area contributed by atoms with Crippen LogP contribution in [0.25, 0.3) is 0 Å². The molecule has 0 amide bonds. The minimum Gasteiger partial charge on any atom is -0.468 e. The standard InChI is InChI=1S/C10H15NO2S/c1-2-9(12-4-1)7-14-8-10-6-11-3-5-13-10/h1-2,4,10-11H,3,5-8H2. The smallest absolute Gasteiger partial charge is 0.113 e. The summed E-state index contributed by atoms with van der Waals surface area (Å²) in [6.07, 6.45) is 2.08. The molecule has 0 bridgehead atoms. The van der Waals surface area contributed by atoms with Crippen LogP contribution < -0.4 is 5.32 Å². The fourth-order valence-corrected chi connectivity index (χ4v) is 2.37. The van der Waals surface area contributed by atoms with Crippen molar-refractivity contribution in [2.45, 2.75) is 11.9 Å². The van der Waals surface area contributed by atoms with E-state index in [2.05, 4.69) is 5.32 Å². The molecule has 78 valence electrons. The normalized spacial score (nSPS) is 22.4. The fourth-order valence-electron chi connectivity index (χ4n) is 1.41. The van der Waals surface area contributed by atoms with E-state index in [4.69, 9.17) is 9.15 Å². The maximum atomic E-state index is 5.58. The van der Waals surface area contributed by atoms with Crippen LogP contribution in [0.2, 0.25) is 0 Å². The van der Waals surface area contributed by atoms with Crippen LogP contribution in [0.3, 0.4) is 0 Å². The quantitative estimate of drug-likeness (QED) is 0.822. The second-order valence-electron chi connectivity index (χ2n) is 3.29. The summed E-state index contributed by atoms with van der Waals surface area (Å²) in [5.74, 6) is 3.01. The lowest BCUT2D eigenvalue weighted by molar-refractivity contribution is 0.0440. The van der Waals surface area contributed by atoms with E-state index >= 15 is 0 Å². The van der Waals surface area contributed by atoms with Gasteiger partial charge in [-0.15, -0.1) is 0 Å². The van der Waals surface area contributed by atoms with Crippen LogP contribution in [0.4, 0.5) is 0 Å². The zero-order valence-electron chi connectivity index (χ0n) is 8.07. The fraction of sp³-hybridized carbons (Fsp3) is 0.600. The maximum Gasteiger partial charge on any atom is 0.113 e. The minimum atomic E-state index is 0.365. The van der Waals surface area contributed by atoms with Crippen molar-refractivity contribution in [2.75, 3.05) is 25.4 Å². The van der Waals surface area contributed by atoms with Crippen LogP contribution in [0.15, 0.2) is 22.8 Å². The average Bonchev–Trinajstić information content (AvgIpc) is 2.72. The molecule has 1 aromatic heterocycles. The molecule has 1 aromatic rings. The molecule has 0 aliphatic carbocycles. The lowest BCUT2D eigenvalue weighted by Gasteiger charge is -2.22. The first-order valence-corrected chi connectivity index (χ1v) is 6.03. The van der Waals surface area contributed by atoms with Crippen molar-refractivity contribution >= 4 is 11.8 Å². The minimum absolute atomic E-state index is 0.365. The number of thioether (sulfide) groups is 1. The van der Waals surface area contributed by atoms with E-state index in [1.807, 2.05) is 23.9 Å². The van der Waals surface area contributed by atoms with Gasteiger partial charge in [-0.2, -0.15) is 11.8 Å². The molecular formula is C10H15NO2S. The van der Waals surface area contributed by atoms with Gasteiger partial charge in [0.25, 0.3) is 0 Å². The van der Waals surface area contributed by atoms with E-state index in [-0.39, 0.29) is 0 Å². The van der Waals surface area contributed by atoms with Gasteiger partial charge in [0.1, 0.15) is 5.76 Å². The first kappa shape index (κ1) is 10.1. The molecule has 1 saturated heterocycles. The molecule has 1 unspecified atom stereocenters. The van der Waals surface area contributed by atoms with Crippen molar-refractivity contribution in [3.8, 4) is 0 Å². The molecule has 0 radical (unpaired) electrons. The largest absolute Gasteiger partial charge is 0.468 e. The Bertz CT molecular complexity index is 245. The second kappa shape index (κ2) is 5.44. The Morgan fingerprint density at radius 1 is 1.57 bits per heavy atom.